The SMILES string of the molecule is O=C(O)COc1cccc(NC(=O)c2cccc(F)n2)c1. The second kappa shape index (κ2) is 6.47. The van der Waals surface area contributed by atoms with Gasteiger partial charge >= 0.3 is 5.97 Å². The first-order valence-corrected chi connectivity index (χ1v) is 5.93. The van der Waals surface area contributed by atoms with E-state index in [2.05, 4.69) is 10.3 Å². The molecule has 1 aromatic carbocycles. The summed E-state index contributed by atoms with van der Waals surface area (Å²) in [4.78, 5) is 25.7. The van der Waals surface area contributed by atoms with Crippen molar-refractivity contribution >= 4 is 17.6 Å². The van der Waals surface area contributed by atoms with Gasteiger partial charge in [0, 0.05) is 11.8 Å². The number of hydrogen-bond acceptors (Lipinski definition) is 4. The van der Waals surface area contributed by atoms with Crippen LogP contribution in [0, 0.1) is 5.95 Å². The number of amides is 1. The smallest absolute Gasteiger partial charge is 0.341 e. The first kappa shape index (κ1) is 14.4. The maximum atomic E-state index is 12.9. The van der Waals surface area contributed by atoms with E-state index < -0.39 is 24.4 Å². The first-order valence-electron chi connectivity index (χ1n) is 5.93. The van der Waals surface area contributed by atoms with Gasteiger partial charge in [-0.05, 0) is 24.3 Å². The predicted molar refractivity (Wildman–Crippen MR) is 71.7 cm³/mol. The number of pyridine rings is 1. The molecule has 2 aromatic rings. The Balaban J connectivity index is 2.07. The molecule has 6 nitrogen and oxygen atoms in total. The van der Waals surface area contributed by atoms with Crippen LogP contribution in [0.25, 0.3) is 0 Å². The van der Waals surface area contributed by atoms with Crippen molar-refractivity contribution in [1.29, 1.82) is 0 Å². The third-order valence-electron chi connectivity index (χ3n) is 2.40. The highest BCUT2D eigenvalue weighted by Crippen LogP contribution is 2.17. The lowest BCUT2D eigenvalue weighted by Crippen LogP contribution is -2.14. The second-order valence-electron chi connectivity index (χ2n) is 4.01. The van der Waals surface area contributed by atoms with Gasteiger partial charge in [0.25, 0.3) is 5.91 Å². The highest BCUT2D eigenvalue weighted by molar-refractivity contribution is 6.02. The number of anilines is 1. The molecule has 0 bridgehead atoms. The molecule has 0 atom stereocenters. The zero-order valence-corrected chi connectivity index (χ0v) is 10.7. The maximum absolute atomic E-state index is 12.9. The topological polar surface area (TPSA) is 88.5 Å². The summed E-state index contributed by atoms with van der Waals surface area (Å²) in [6.45, 7) is -0.483. The van der Waals surface area contributed by atoms with Crippen LogP contribution in [0.2, 0.25) is 0 Å². The van der Waals surface area contributed by atoms with Crippen LogP contribution >= 0.6 is 0 Å². The number of carbonyl (C=O) groups is 2. The van der Waals surface area contributed by atoms with Crippen molar-refractivity contribution in [3.05, 3.63) is 54.1 Å². The predicted octanol–water partition coefficient (Wildman–Crippen LogP) is 1.94. The van der Waals surface area contributed by atoms with Gasteiger partial charge in [-0.15, -0.1) is 0 Å². The molecule has 1 aromatic heterocycles. The number of rotatable bonds is 5. The largest absolute Gasteiger partial charge is 0.482 e. The average Bonchev–Trinajstić information content (AvgIpc) is 2.45. The Labute approximate surface area is 119 Å². The van der Waals surface area contributed by atoms with Crippen molar-refractivity contribution in [3.63, 3.8) is 0 Å². The summed E-state index contributed by atoms with van der Waals surface area (Å²) in [6.07, 6.45) is 0. The Morgan fingerprint density at radius 2 is 2.00 bits per heavy atom. The molecule has 0 aliphatic rings. The Morgan fingerprint density at radius 1 is 1.24 bits per heavy atom. The van der Waals surface area contributed by atoms with Gasteiger partial charge in [-0.25, -0.2) is 9.78 Å². The van der Waals surface area contributed by atoms with Crippen LogP contribution < -0.4 is 10.1 Å². The molecular formula is C14H11FN2O4. The fourth-order valence-electron chi connectivity index (χ4n) is 1.54. The van der Waals surface area contributed by atoms with E-state index in [9.17, 15) is 14.0 Å². The molecule has 21 heavy (non-hydrogen) atoms. The number of nitrogens with zero attached hydrogens (tertiary/aromatic N) is 1. The molecule has 1 amide bonds. The van der Waals surface area contributed by atoms with Crippen LogP contribution in [-0.4, -0.2) is 28.6 Å². The summed E-state index contributed by atoms with van der Waals surface area (Å²) in [6, 6.07) is 10.1. The summed E-state index contributed by atoms with van der Waals surface area (Å²) in [5, 5.41) is 11.0. The van der Waals surface area contributed by atoms with E-state index in [0.717, 1.165) is 6.07 Å². The number of ether oxygens (including phenoxy) is 1. The van der Waals surface area contributed by atoms with Gasteiger partial charge in [0.2, 0.25) is 5.95 Å². The van der Waals surface area contributed by atoms with E-state index in [0.29, 0.717) is 11.4 Å². The van der Waals surface area contributed by atoms with Crippen molar-refractivity contribution in [2.75, 3.05) is 11.9 Å². The Bertz CT molecular complexity index is 676. The number of benzene rings is 1. The maximum Gasteiger partial charge on any atom is 0.341 e. The molecule has 0 unspecified atom stereocenters. The first-order chi connectivity index (χ1) is 10.0. The summed E-state index contributed by atoms with van der Waals surface area (Å²) in [5.74, 6) is -2.14. The van der Waals surface area contributed by atoms with E-state index in [4.69, 9.17) is 9.84 Å². The number of aromatic nitrogens is 1. The molecular weight excluding hydrogens is 279 g/mol. The minimum absolute atomic E-state index is 0.0631. The van der Waals surface area contributed by atoms with E-state index in [1.54, 1.807) is 18.2 Å². The lowest BCUT2D eigenvalue weighted by molar-refractivity contribution is -0.139. The lowest BCUT2D eigenvalue weighted by Gasteiger charge is -2.07. The van der Waals surface area contributed by atoms with Crippen molar-refractivity contribution < 1.29 is 23.8 Å². The van der Waals surface area contributed by atoms with E-state index >= 15 is 0 Å². The molecule has 0 aliphatic carbocycles. The highest BCUT2D eigenvalue weighted by Gasteiger charge is 2.09. The monoisotopic (exact) mass is 290 g/mol. The van der Waals surface area contributed by atoms with Gasteiger partial charge in [0.1, 0.15) is 11.4 Å². The molecule has 0 radical (unpaired) electrons. The fourth-order valence-corrected chi connectivity index (χ4v) is 1.54. The summed E-state index contributed by atoms with van der Waals surface area (Å²) in [7, 11) is 0. The van der Waals surface area contributed by atoms with Gasteiger partial charge in [-0.1, -0.05) is 12.1 Å². The van der Waals surface area contributed by atoms with Crippen molar-refractivity contribution in [2.45, 2.75) is 0 Å². The number of carboxylic acid groups (broad SMARTS) is 1. The Kier molecular flexibility index (Phi) is 4.45. The molecule has 0 spiro atoms. The molecule has 0 fully saturated rings. The normalized spacial score (nSPS) is 9.95. The van der Waals surface area contributed by atoms with Crippen molar-refractivity contribution in [2.24, 2.45) is 0 Å². The molecule has 7 heteroatoms. The van der Waals surface area contributed by atoms with Crippen LogP contribution in [-0.2, 0) is 4.79 Å². The van der Waals surface area contributed by atoms with Crippen molar-refractivity contribution in [3.8, 4) is 5.75 Å². The van der Waals surface area contributed by atoms with E-state index in [-0.39, 0.29) is 5.69 Å². The number of hydrogen-bond donors (Lipinski definition) is 2. The molecule has 0 saturated heterocycles. The van der Waals surface area contributed by atoms with Crippen LogP contribution in [0.3, 0.4) is 0 Å². The lowest BCUT2D eigenvalue weighted by atomic mass is 10.2. The minimum Gasteiger partial charge on any atom is -0.482 e. The molecule has 2 rings (SSSR count). The van der Waals surface area contributed by atoms with Crippen LogP contribution in [0.4, 0.5) is 10.1 Å². The van der Waals surface area contributed by atoms with Gasteiger partial charge in [-0.3, -0.25) is 4.79 Å². The Hall–Kier alpha value is -2.96. The molecule has 1 heterocycles. The Morgan fingerprint density at radius 3 is 2.71 bits per heavy atom. The van der Waals surface area contributed by atoms with Crippen LogP contribution in [0.1, 0.15) is 10.5 Å². The number of nitrogens with one attached hydrogen (secondary N) is 1. The third kappa shape index (κ3) is 4.27. The van der Waals surface area contributed by atoms with E-state index in [1.165, 1.54) is 18.2 Å². The van der Waals surface area contributed by atoms with Gasteiger partial charge in [0.05, 0.1) is 0 Å². The fraction of sp³-hybridized carbons (Fsp3) is 0.0714. The number of halogens is 1. The van der Waals surface area contributed by atoms with Crippen molar-refractivity contribution in [1.82, 2.24) is 4.98 Å². The average molecular weight is 290 g/mol. The van der Waals surface area contributed by atoms with Gasteiger partial charge in [-0.2, -0.15) is 4.39 Å². The third-order valence-corrected chi connectivity index (χ3v) is 2.40. The molecule has 108 valence electrons. The van der Waals surface area contributed by atoms with Crippen LogP contribution in [0.15, 0.2) is 42.5 Å². The summed E-state index contributed by atoms with van der Waals surface area (Å²) >= 11 is 0. The quantitative estimate of drug-likeness (QED) is 0.821. The summed E-state index contributed by atoms with van der Waals surface area (Å²) < 4.78 is 17.9. The van der Waals surface area contributed by atoms with E-state index in [1.807, 2.05) is 0 Å². The van der Waals surface area contributed by atoms with Crippen LogP contribution in [0.5, 0.6) is 5.75 Å². The highest BCUT2D eigenvalue weighted by atomic mass is 19.1. The number of carboxylic acids is 1. The zero-order chi connectivity index (χ0) is 15.2. The standard InChI is InChI=1S/C14H11FN2O4/c15-12-6-2-5-11(17-12)14(20)16-9-3-1-4-10(7-9)21-8-13(18)19/h1-7H,8H2,(H,16,20)(H,18,19). The van der Waals surface area contributed by atoms with Gasteiger partial charge in [0.15, 0.2) is 6.61 Å². The number of carbonyl (C=O) groups excluding carboxylic acids is 1. The number of aliphatic carboxylic acids is 1. The molecule has 2 N–H and O–H groups in total. The second-order valence-corrected chi connectivity index (χ2v) is 4.01. The minimum atomic E-state index is -1.10. The molecule has 0 saturated carbocycles. The zero-order valence-electron chi connectivity index (χ0n) is 10.7. The summed E-state index contributed by atoms with van der Waals surface area (Å²) in [5.41, 5.74) is 0.320. The molecule has 0 aliphatic heterocycles. The van der Waals surface area contributed by atoms with Gasteiger partial charge < -0.3 is 15.2 Å².